The molecule has 0 N–H and O–H groups in total. The maximum absolute atomic E-state index is 12.5. The summed E-state index contributed by atoms with van der Waals surface area (Å²) < 4.78 is 5.35. The van der Waals surface area contributed by atoms with Crippen LogP contribution in [0.5, 0.6) is 0 Å². The highest BCUT2D eigenvalue weighted by atomic mass is 16.5. The predicted molar refractivity (Wildman–Crippen MR) is 86.4 cm³/mol. The number of unbranched alkanes of at least 4 members (excludes halogenated alkanes) is 2. The lowest BCUT2D eigenvalue weighted by molar-refractivity contribution is -0.152. The first-order chi connectivity index (χ1) is 10.7. The number of rotatable bonds is 6. The largest absolute Gasteiger partial charge is 0.465 e. The summed E-state index contributed by atoms with van der Waals surface area (Å²) in [5, 5.41) is 0. The van der Waals surface area contributed by atoms with Crippen molar-refractivity contribution < 1.29 is 14.3 Å². The summed E-state index contributed by atoms with van der Waals surface area (Å²) in [5.41, 5.74) is 0. The van der Waals surface area contributed by atoms with Crippen molar-refractivity contribution in [2.45, 2.75) is 71.1 Å². The summed E-state index contributed by atoms with van der Waals surface area (Å²) in [6.07, 6.45) is 10.5. The Morgan fingerprint density at radius 2 is 1.64 bits per heavy atom. The second kappa shape index (κ2) is 9.16. The van der Waals surface area contributed by atoms with Crippen LogP contribution in [0.15, 0.2) is 0 Å². The molecule has 126 valence electrons. The molecule has 0 aromatic rings. The van der Waals surface area contributed by atoms with E-state index in [0.29, 0.717) is 12.5 Å². The van der Waals surface area contributed by atoms with Crippen LogP contribution in [0.2, 0.25) is 0 Å². The molecule has 0 spiro atoms. The molecule has 4 heteroatoms. The van der Waals surface area contributed by atoms with E-state index in [4.69, 9.17) is 4.74 Å². The molecular weight excluding hydrogens is 278 g/mol. The van der Waals surface area contributed by atoms with E-state index >= 15 is 0 Å². The van der Waals surface area contributed by atoms with Gasteiger partial charge in [0, 0.05) is 19.0 Å². The van der Waals surface area contributed by atoms with Crippen molar-refractivity contribution in [1.29, 1.82) is 0 Å². The van der Waals surface area contributed by atoms with E-state index in [1.165, 1.54) is 19.3 Å². The molecule has 0 bridgehead atoms. The first kappa shape index (κ1) is 17.3. The van der Waals surface area contributed by atoms with Gasteiger partial charge in [-0.25, -0.2) is 0 Å². The summed E-state index contributed by atoms with van der Waals surface area (Å²) in [6, 6.07) is 0. The van der Waals surface area contributed by atoms with Gasteiger partial charge < -0.3 is 9.64 Å². The molecule has 1 saturated heterocycles. The van der Waals surface area contributed by atoms with Crippen molar-refractivity contribution in [1.82, 2.24) is 4.90 Å². The van der Waals surface area contributed by atoms with Crippen molar-refractivity contribution in [3.63, 3.8) is 0 Å². The van der Waals surface area contributed by atoms with E-state index in [0.717, 1.165) is 58.0 Å². The third kappa shape index (κ3) is 4.99. The van der Waals surface area contributed by atoms with Gasteiger partial charge in [-0.3, -0.25) is 9.59 Å². The van der Waals surface area contributed by atoms with Gasteiger partial charge in [-0.2, -0.15) is 0 Å². The van der Waals surface area contributed by atoms with E-state index in [1.807, 2.05) is 4.90 Å². The molecule has 0 radical (unpaired) electrons. The Bertz CT molecular complexity index is 355. The molecule has 1 saturated carbocycles. The Kier molecular flexibility index (Phi) is 7.20. The van der Waals surface area contributed by atoms with E-state index in [1.54, 1.807) is 0 Å². The summed E-state index contributed by atoms with van der Waals surface area (Å²) in [5.74, 6) is 0.513. The van der Waals surface area contributed by atoms with Gasteiger partial charge in [0.2, 0.25) is 5.91 Å². The number of nitrogens with zero attached hydrogens (tertiary/aromatic N) is 1. The minimum Gasteiger partial charge on any atom is -0.465 e. The molecule has 0 aromatic carbocycles. The zero-order chi connectivity index (χ0) is 15.8. The van der Waals surface area contributed by atoms with Gasteiger partial charge in [0.1, 0.15) is 0 Å². The second-order valence-corrected chi connectivity index (χ2v) is 6.81. The molecular formula is C18H31NO3. The van der Waals surface area contributed by atoms with Gasteiger partial charge in [0.15, 0.2) is 0 Å². The van der Waals surface area contributed by atoms with Crippen LogP contribution in [0, 0.1) is 11.8 Å². The average Bonchev–Trinajstić information content (AvgIpc) is 2.59. The molecule has 2 rings (SSSR count). The smallest absolute Gasteiger partial charge is 0.309 e. The van der Waals surface area contributed by atoms with E-state index in [-0.39, 0.29) is 17.8 Å². The zero-order valence-corrected chi connectivity index (χ0v) is 14.0. The fraction of sp³-hybridized carbons (Fsp3) is 0.889. The molecule has 1 amide bonds. The Labute approximate surface area is 134 Å². The fourth-order valence-corrected chi connectivity index (χ4v) is 3.59. The molecule has 0 unspecified atom stereocenters. The van der Waals surface area contributed by atoms with Gasteiger partial charge in [0.05, 0.1) is 12.5 Å². The summed E-state index contributed by atoms with van der Waals surface area (Å²) in [6.45, 7) is 4.14. The molecule has 2 fully saturated rings. The van der Waals surface area contributed by atoms with Crippen LogP contribution in [0.25, 0.3) is 0 Å². The lowest BCUT2D eigenvalue weighted by atomic mass is 9.87. The highest BCUT2D eigenvalue weighted by molar-refractivity contribution is 5.79. The lowest BCUT2D eigenvalue weighted by Crippen LogP contribution is -2.43. The normalized spacial score (nSPS) is 20.9. The molecule has 22 heavy (non-hydrogen) atoms. The van der Waals surface area contributed by atoms with Crippen molar-refractivity contribution in [2.24, 2.45) is 11.8 Å². The Morgan fingerprint density at radius 3 is 2.27 bits per heavy atom. The molecule has 2 aliphatic rings. The quantitative estimate of drug-likeness (QED) is 0.557. The summed E-state index contributed by atoms with van der Waals surface area (Å²) in [4.78, 5) is 26.5. The van der Waals surface area contributed by atoms with Crippen molar-refractivity contribution in [3.8, 4) is 0 Å². The number of esters is 1. The zero-order valence-electron chi connectivity index (χ0n) is 14.0. The van der Waals surface area contributed by atoms with Crippen LogP contribution in [0.4, 0.5) is 0 Å². The van der Waals surface area contributed by atoms with Gasteiger partial charge in [0.25, 0.3) is 0 Å². The van der Waals surface area contributed by atoms with Crippen molar-refractivity contribution in [3.05, 3.63) is 0 Å². The number of ether oxygens (including phenoxy) is 1. The van der Waals surface area contributed by atoms with Gasteiger partial charge in [-0.1, -0.05) is 39.0 Å². The number of likely N-dealkylation sites (tertiary alicyclic amines) is 1. The van der Waals surface area contributed by atoms with Crippen molar-refractivity contribution in [2.75, 3.05) is 19.7 Å². The number of carbonyl (C=O) groups is 2. The summed E-state index contributed by atoms with van der Waals surface area (Å²) in [7, 11) is 0. The standard InChI is InChI=1S/C18H31NO3/c1-2-3-7-14-22-18(21)16-10-12-19(13-11-16)17(20)15-8-5-4-6-9-15/h15-16H,2-14H2,1H3. The summed E-state index contributed by atoms with van der Waals surface area (Å²) >= 11 is 0. The van der Waals surface area contributed by atoms with Crippen molar-refractivity contribution >= 4 is 11.9 Å². The van der Waals surface area contributed by atoms with Gasteiger partial charge in [-0.05, 0) is 32.1 Å². The third-order valence-electron chi connectivity index (χ3n) is 5.09. The monoisotopic (exact) mass is 309 g/mol. The predicted octanol–water partition coefficient (Wildman–Crippen LogP) is 3.54. The van der Waals surface area contributed by atoms with E-state index < -0.39 is 0 Å². The topological polar surface area (TPSA) is 46.6 Å². The highest BCUT2D eigenvalue weighted by Crippen LogP contribution is 2.27. The maximum atomic E-state index is 12.5. The molecule has 0 aromatic heterocycles. The highest BCUT2D eigenvalue weighted by Gasteiger charge is 2.31. The van der Waals surface area contributed by atoms with Gasteiger partial charge >= 0.3 is 5.97 Å². The molecule has 1 aliphatic carbocycles. The van der Waals surface area contributed by atoms with Crippen LogP contribution in [-0.4, -0.2) is 36.5 Å². The molecule has 4 nitrogen and oxygen atoms in total. The number of hydrogen-bond donors (Lipinski definition) is 0. The Morgan fingerprint density at radius 1 is 0.955 bits per heavy atom. The fourth-order valence-electron chi connectivity index (χ4n) is 3.59. The van der Waals surface area contributed by atoms with Crippen LogP contribution < -0.4 is 0 Å². The van der Waals surface area contributed by atoms with E-state index in [9.17, 15) is 9.59 Å². The molecule has 1 heterocycles. The Hall–Kier alpha value is -1.06. The molecule has 1 aliphatic heterocycles. The number of amides is 1. The first-order valence-corrected chi connectivity index (χ1v) is 9.17. The minimum absolute atomic E-state index is 0.00275. The second-order valence-electron chi connectivity index (χ2n) is 6.81. The lowest BCUT2D eigenvalue weighted by Gasteiger charge is -2.34. The van der Waals surface area contributed by atoms with Crippen LogP contribution >= 0.6 is 0 Å². The minimum atomic E-state index is -0.0548. The van der Waals surface area contributed by atoms with Crippen LogP contribution in [0.3, 0.4) is 0 Å². The first-order valence-electron chi connectivity index (χ1n) is 9.17. The molecule has 0 atom stereocenters. The number of carbonyl (C=O) groups excluding carboxylic acids is 2. The average molecular weight is 309 g/mol. The van der Waals surface area contributed by atoms with E-state index in [2.05, 4.69) is 6.92 Å². The maximum Gasteiger partial charge on any atom is 0.309 e. The Balaban J connectivity index is 1.68. The number of piperidine rings is 1. The van der Waals surface area contributed by atoms with Crippen LogP contribution in [-0.2, 0) is 14.3 Å². The SMILES string of the molecule is CCCCCOC(=O)C1CCN(C(=O)C2CCCCC2)CC1. The third-order valence-corrected chi connectivity index (χ3v) is 5.09. The van der Waals surface area contributed by atoms with Gasteiger partial charge in [-0.15, -0.1) is 0 Å². The number of hydrogen-bond acceptors (Lipinski definition) is 3. The van der Waals surface area contributed by atoms with Crippen LogP contribution in [0.1, 0.15) is 71.1 Å².